The number of hydrogen-bond donors (Lipinski definition) is 1. The van der Waals surface area contributed by atoms with Gasteiger partial charge in [-0.05, 0) is 30.3 Å². The van der Waals surface area contributed by atoms with E-state index in [1.807, 2.05) is 0 Å². The van der Waals surface area contributed by atoms with Gasteiger partial charge in [-0.2, -0.15) is 0 Å². The molecule has 1 aliphatic rings. The summed E-state index contributed by atoms with van der Waals surface area (Å²) in [6, 6.07) is 9.85. The first-order valence-electron chi connectivity index (χ1n) is 7.86. The fourth-order valence-corrected chi connectivity index (χ4v) is 2.96. The average molecular weight is 395 g/mol. The Morgan fingerprint density at radius 1 is 1.08 bits per heavy atom. The summed E-state index contributed by atoms with van der Waals surface area (Å²) < 4.78 is 11.0. The van der Waals surface area contributed by atoms with Crippen LogP contribution < -0.4 is 19.7 Å². The highest BCUT2D eigenvalue weighted by Crippen LogP contribution is 2.34. The number of carbonyl (C=O) groups excluding carboxylic acids is 2. The third-order valence-corrected chi connectivity index (χ3v) is 4.27. The van der Waals surface area contributed by atoms with Crippen LogP contribution in [0.2, 0.25) is 10.0 Å². The Morgan fingerprint density at radius 3 is 2.50 bits per heavy atom. The van der Waals surface area contributed by atoms with E-state index in [9.17, 15) is 9.59 Å². The zero-order valence-corrected chi connectivity index (χ0v) is 15.4. The first-order chi connectivity index (χ1) is 12.4. The highest BCUT2D eigenvalue weighted by atomic mass is 35.5. The van der Waals surface area contributed by atoms with Gasteiger partial charge in [-0.25, -0.2) is 0 Å². The monoisotopic (exact) mass is 394 g/mol. The molecule has 2 aromatic carbocycles. The Balaban J connectivity index is 1.76. The number of halogens is 2. The molecule has 0 bridgehead atoms. The van der Waals surface area contributed by atoms with Gasteiger partial charge in [0.1, 0.15) is 19.8 Å². The summed E-state index contributed by atoms with van der Waals surface area (Å²) in [6.45, 7) is 2.13. The van der Waals surface area contributed by atoms with Crippen LogP contribution in [0.1, 0.15) is 6.92 Å². The minimum atomic E-state index is -0.390. The second-order valence-corrected chi connectivity index (χ2v) is 6.45. The molecule has 1 heterocycles. The molecule has 1 N–H and O–H groups in total. The van der Waals surface area contributed by atoms with E-state index in [1.54, 1.807) is 30.3 Å². The van der Waals surface area contributed by atoms with E-state index in [1.165, 1.54) is 17.9 Å². The lowest BCUT2D eigenvalue weighted by atomic mass is 10.2. The van der Waals surface area contributed by atoms with Gasteiger partial charge in [0.25, 0.3) is 0 Å². The van der Waals surface area contributed by atoms with Crippen LogP contribution in [0.5, 0.6) is 11.5 Å². The maximum absolute atomic E-state index is 12.4. The number of nitrogens with zero attached hydrogens (tertiary/aromatic N) is 1. The average Bonchev–Trinajstić information content (AvgIpc) is 2.61. The molecule has 0 aromatic heterocycles. The van der Waals surface area contributed by atoms with Gasteiger partial charge in [-0.3, -0.25) is 9.59 Å². The van der Waals surface area contributed by atoms with Gasteiger partial charge in [-0.1, -0.05) is 23.2 Å². The molecule has 0 atom stereocenters. The van der Waals surface area contributed by atoms with Crippen LogP contribution in [-0.2, 0) is 9.59 Å². The topological polar surface area (TPSA) is 67.9 Å². The normalized spacial score (nSPS) is 12.4. The van der Waals surface area contributed by atoms with Crippen LogP contribution in [0.25, 0.3) is 0 Å². The highest BCUT2D eigenvalue weighted by Gasteiger charge is 2.20. The van der Waals surface area contributed by atoms with Crippen molar-refractivity contribution in [3.63, 3.8) is 0 Å². The maximum Gasteiger partial charge on any atom is 0.244 e. The summed E-state index contributed by atoms with van der Waals surface area (Å²) in [5, 5.41) is 3.46. The Labute approximate surface area is 160 Å². The zero-order chi connectivity index (χ0) is 18.7. The minimum Gasteiger partial charge on any atom is -0.486 e. The first-order valence-corrected chi connectivity index (χ1v) is 8.62. The van der Waals surface area contributed by atoms with Crippen molar-refractivity contribution in [1.82, 2.24) is 0 Å². The molecule has 3 rings (SSSR count). The maximum atomic E-state index is 12.4. The highest BCUT2D eigenvalue weighted by molar-refractivity contribution is 6.36. The van der Waals surface area contributed by atoms with Gasteiger partial charge in [0.05, 0.1) is 10.7 Å². The number of carbonyl (C=O) groups is 2. The molecule has 0 saturated carbocycles. The van der Waals surface area contributed by atoms with Crippen LogP contribution in [0.3, 0.4) is 0 Å². The third-order valence-electron chi connectivity index (χ3n) is 3.72. The number of fused-ring (bicyclic) bond motifs is 1. The van der Waals surface area contributed by atoms with Crippen LogP contribution >= 0.6 is 23.2 Å². The van der Waals surface area contributed by atoms with E-state index in [4.69, 9.17) is 32.7 Å². The molecule has 0 spiro atoms. The van der Waals surface area contributed by atoms with Gasteiger partial charge in [-0.15, -0.1) is 0 Å². The van der Waals surface area contributed by atoms with Gasteiger partial charge in [0.2, 0.25) is 11.8 Å². The van der Waals surface area contributed by atoms with E-state index >= 15 is 0 Å². The SMILES string of the molecule is CC(=O)N(CC(=O)Nc1ccc(Cl)cc1Cl)c1ccc2c(c1)OCCO2. The van der Waals surface area contributed by atoms with Crippen LogP contribution in [0.4, 0.5) is 11.4 Å². The molecule has 2 aromatic rings. The number of benzene rings is 2. The molecule has 0 unspecified atom stereocenters. The van der Waals surface area contributed by atoms with Crippen LogP contribution in [0, 0.1) is 0 Å². The summed E-state index contributed by atoms with van der Waals surface area (Å²) in [7, 11) is 0. The number of rotatable bonds is 4. The molecular formula is C18H16Cl2N2O4. The predicted molar refractivity (Wildman–Crippen MR) is 101 cm³/mol. The zero-order valence-electron chi connectivity index (χ0n) is 13.9. The molecular weight excluding hydrogens is 379 g/mol. The molecule has 1 aliphatic heterocycles. The second-order valence-electron chi connectivity index (χ2n) is 5.61. The summed E-state index contributed by atoms with van der Waals surface area (Å²) in [4.78, 5) is 25.8. The van der Waals surface area contributed by atoms with Crippen LogP contribution in [-0.4, -0.2) is 31.6 Å². The minimum absolute atomic E-state index is 0.173. The van der Waals surface area contributed by atoms with Crippen molar-refractivity contribution >= 4 is 46.4 Å². The Kier molecular flexibility index (Phi) is 5.54. The molecule has 26 heavy (non-hydrogen) atoms. The van der Waals surface area contributed by atoms with Crippen molar-refractivity contribution in [2.45, 2.75) is 6.92 Å². The number of hydrogen-bond acceptors (Lipinski definition) is 4. The molecule has 0 aliphatic carbocycles. The summed E-state index contributed by atoms with van der Waals surface area (Å²) in [5.41, 5.74) is 0.964. The quantitative estimate of drug-likeness (QED) is 0.856. The summed E-state index contributed by atoms with van der Waals surface area (Å²) in [5.74, 6) is 0.486. The van der Waals surface area contributed by atoms with Crippen LogP contribution in [0.15, 0.2) is 36.4 Å². The van der Waals surface area contributed by atoms with Crippen molar-refractivity contribution < 1.29 is 19.1 Å². The fourth-order valence-electron chi connectivity index (χ4n) is 2.51. The number of ether oxygens (including phenoxy) is 2. The van der Waals surface area contributed by atoms with E-state index < -0.39 is 0 Å². The molecule has 136 valence electrons. The summed E-state index contributed by atoms with van der Waals surface area (Å²) >= 11 is 11.9. The second kappa shape index (κ2) is 7.85. The Morgan fingerprint density at radius 2 is 1.81 bits per heavy atom. The molecule has 0 radical (unpaired) electrons. The lowest BCUT2D eigenvalue weighted by Crippen LogP contribution is -2.36. The standard InChI is InChI=1S/C18H16Cl2N2O4/c1-11(23)22(13-3-5-16-17(9-13)26-7-6-25-16)10-18(24)21-15-4-2-12(19)8-14(15)20/h2-5,8-9H,6-7,10H2,1H3,(H,21,24). The molecule has 0 saturated heterocycles. The largest absolute Gasteiger partial charge is 0.486 e. The number of nitrogens with one attached hydrogen (secondary N) is 1. The van der Waals surface area contributed by atoms with Gasteiger partial charge >= 0.3 is 0 Å². The first kappa shape index (κ1) is 18.4. The van der Waals surface area contributed by atoms with Crippen molar-refractivity contribution in [2.24, 2.45) is 0 Å². The van der Waals surface area contributed by atoms with Gasteiger partial charge < -0.3 is 19.7 Å². The number of anilines is 2. The van der Waals surface area contributed by atoms with Gasteiger partial charge in [0, 0.05) is 23.7 Å². The van der Waals surface area contributed by atoms with E-state index in [2.05, 4.69) is 5.32 Å². The van der Waals surface area contributed by atoms with Crippen molar-refractivity contribution in [3.8, 4) is 11.5 Å². The van der Waals surface area contributed by atoms with Gasteiger partial charge in [0.15, 0.2) is 11.5 Å². The smallest absolute Gasteiger partial charge is 0.244 e. The van der Waals surface area contributed by atoms with Crippen molar-refractivity contribution in [1.29, 1.82) is 0 Å². The third kappa shape index (κ3) is 4.20. The van der Waals surface area contributed by atoms with Crippen molar-refractivity contribution in [2.75, 3.05) is 30.0 Å². The Hall–Kier alpha value is -2.44. The van der Waals surface area contributed by atoms with E-state index in [0.29, 0.717) is 46.1 Å². The summed E-state index contributed by atoms with van der Waals surface area (Å²) in [6.07, 6.45) is 0. The number of amides is 2. The molecule has 6 nitrogen and oxygen atoms in total. The molecule has 2 amide bonds. The molecule has 8 heteroatoms. The van der Waals surface area contributed by atoms with E-state index in [-0.39, 0.29) is 18.4 Å². The molecule has 0 fully saturated rings. The Bertz CT molecular complexity index is 857. The van der Waals surface area contributed by atoms with Crippen molar-refractivity contribution in [3.05, 3.63) is 46.4 Å². The predicted octanol–water partition coefficient (Wildman–Crippen LogP) is 3.76. The van der Waals surface area contributed by atoms with E-state index in [0.717, 1.165) is 0 Å². The fraction of sp³-hybridized carbons (Fsp3) is 0.222. The lowest BCUT2D eigenvalue weighted by molar-refractivity contribution is -0.120. The lowest BCUT2D eigenvalue weighted by Gasteiger charge is -2.24.